The molecule has 38 heavy (non-hydrogen) atoms. The van der Waals surface area contributed by atoms with Gasteiger partial charge in [0.25, 0.3) is 5.91 Å². The van der Waals surface area contributed by atoms with Crippen LogP contribution in [0.1, 0.15) is 46.6 Å². The van der Waals surface area contributed by atoms with Crippen LogP contribution in [0.3, 0.4) is 0 Å². The van der Waals surface area contributed by atoms with Gasteiger partial charge in [0, 0.05) is 43.1 Å². The minimum atomic E-state index is -0.585. The Morgan fingerprint density at radius 1 is 1.11 bits per heavy atom. The number of benzene rings is 1. The van der Waals surface area contributed by atoms with Crippen LogP contribution in [0, 0.1) is 11.6 Å². The molecule has 4 aromatic rings. The molecule has 6 rings (SSSR count). The number of amides is 1. The van der Waals surface area contributed by atoms with E-state index >= 15 is 4.39 Å². The number of anilines is 2. The van der Waals surface area contributed by atoms with Gasteiger partial charge in [-0.25, -0.2) is 13.8 Å². The van der Waals surface area contributed by atoms with Gasteiger partial charge in [-0.3, -0.25) is 9.78 Å². The van der Waals surface area contributed by atoms with Crippen LogP contribution < -0.4 is 15.4 Å². The third kappa shape index (κ3) is 3.88. The van der Waals surface area contributed by atoms with Crippen LogP contribution in [0.15, 0.2) is 48.7 Å². The molecule has 2 aliphatic heterocycles. The summed E-state index contributed by atoms with van der Waals surface area (Å²) in [5, 5.41) is 6.23. The normalized spacial score (nSPS) is 19.3. The fourth-order valence-corrected chi connectivity index (χ4v) is 5.23. The lowest BCUT2D eigenvalue weighted by Crippen LogP contribution is -2.34. The molecule has 10 heteroatoms. The molecule has 0 aliphatic carbocycles. The van der Waals surface area contributed by atoms with Crippen molar-refractivity contribution in [2.24, 2.45) is 0 Å². The largest absolute Gasteiger partial charge is 0.492 e. The number of para-hydroxylation sites is 1. The second kappa shape index (κ2) is 9.53. The highest BCUT2D eigenvalue weighted by Gasteiger charge is 2.33. The third-order valence-electron chi connectivity index (χ3n) is 7.09. The number of fused-ring (bicyclic) bond motifs is 3. The molecule has 2 unspecified atom stereocenters. The highest BCUT2D eigenvalue weighted by Crippen LogP contribution is 2.44. The number of hydrogen-bond donors (Lipinski definition) is 3. The van der Waals surface area contributed by atoms with E-state index in [1.54, 1.807) is 24.4 Å². The van der Waals surface area contributed by atoms with Gasteiger partial charge in [-0.05, 0) is 31.0 Å². The minimum absolute atomic E-state index is 0.0171. The summed E-state index contributed by atoms with van der Waals surface area (Å²) >= 11 is 0. The van der Waals surface area contributed by atoms with Crippen LogP contribution in [0.25, 0.3) is 22.3 Å². The second-order valence-corrected chi connectivity index (χ2v) is 9.27. The van der Waals surface area contributed by atoms with E-state index in [0.29, 0.717) is 58.6 Å². The standard InChI is InChI=1S/C28H25F2N5O3/c1-37-20-9-4-3-6-14-13-32-28(36)21-22(14)34-24(26(21)33-18-8-5-7-16(29)27(18)38-2)15-10-11-31-19-12-17(30)25(20)35-23(15)19/h3-5,7-8,10-12,14,20,33-34H,6,9,13H2,1-2H3,(H,32,36)/b4-3-. The molecule has 0 fully saturated rings. The van der Waals surface area contributed by atoms with Crippen molar-refractivity contribution in [2.45, 2.75) is 24.9 Å². The van der Waals surface area contributed by atoms with E-state index < -0.39 is 17.7 Å². The van der Waals surface area contributed by atoms with Gasteiger partial charge < -0.3 is 25.1 Å². The van der Waals surface area contributed by atoms with Gasteiger partial charge in [-0.15, -0.1) is 0 Å². The molecule has 3 N–H and O–H groups in total. The zero-order valence-electron chi connectivity index (χ0n) is 20.8. The van der Waals surface area contributed by atoms with Crippen LogP contribution in [0.5, 0.6) is 5.75 Å². The predicted molar refractivity (Wildman–Crippen MR) is 139 cm³/mol. The summed E-state index contributed by atoms with van der Waals surface area (Å²) in [4.78, 5) is 25.7. The van der Waals surface area contributed by atoms with Gasteiger partial charge in [-0.1, -0.05) is 18.2 Å². The maximum Gasteiger partial charge on any atom is 0.255 e. The summed E-state index contributed by atoms with van der Waals surface area (Å²) in [7, 11) is 2.91. The molecule has 8 nitrogen and oxygen atoms in total. The number of hydrogen-bond acceptors (Lipinski definition) is 6. The zero-order chi connectivity index (χ0) is 26.4. The minimum Gasteiger partial charge on any atom is -0.492 e. The summed E-state index contributed by atoms with van der Waals surface area (Å²) in [6.45, 7) is 0.443. The smallest absolute Gasteiger partial charge is 0.255 e. The molecule has 4 bridgehead atoms. The molecule has 0 saturated carbocycles. The van der Waals surface area contributed by atoms with Crippen molar-refractivity contribution < 1.29 is 23.0 Å². The fourth-order valence-electron chi connectivity index (χ4n) is 5.23. The van der Waals surface area contributed by atoms with Gasteiger partial charge in [-0.2, -0.15) is 0 Å². The summed E-state index contributed by atoms with van der Waals surface area (Å²) in [5.74, 6) is -1.34. The second-order valence-electron chi connectivity index (χ2n) is 9.27. The molecule has 3 aromatic heterocycles. The molecule has 0 spiro atoms. The summed E-state index contributed by atoms with van der Waals surface area (Å²) in [5.41, 5.74) is 4.10. The number of ether oxygens (including phenoxy) is 2. The number of nitrogens with one attached hydrogen (secondary N) is 3. The molecule has 1 amide bonds. The molecule has 0 radical (unpaired) electrons. The number of nitrogens with zero attached hydrogens (tertiary/aromatic N) is 2. The Kier molecular flexibility index (Phi) is 6.03. The third-order valence-corrected chi connectivity index (χ3v) is 7.09. The molecule has 0 saturated heterocycles. The molecule has 2 aliphatic rings. The quantitative estimate of drug-likeness (QED) is 0.308. The van der Waals surface area contributed by atoms with Crippen LogP contribution >= 0.6 is 0 Å². The Morgan fingerprint density at radius 2 is 1.95 bits per heavy atom. The summed E-state index contributed by atoms with van der Waals surface area (Å²) in [6.07, 6.45) is 6.00. The fraction of sp³-hybridized carbons (Fsp3) is 0.250. The lowest BCUT2D eigenvalue weighted by Gasteiger charge is -2.23. The molecule has 5 heterocycles. The monoisotopic (exact) mass is 517 g/mol. The Bertz CT molecular complexity index is 1600. The number of H-pyrrole nitrogens is 1. The number of carbonyl (C=O) groups is 1. The first kappa shape index (κ1) is 24.1. The Hall–Kier alpha value is -4.31. The lowest BCUT2D eigenvalue weighted by molar-refractivity contribution is 0.0941. The number of aromatic amines is 1. The molecular weight excluding hydrogens is 492 g/mol. The SMILES string of the molecule is COc1c(F)cccc1Nc1c2[nH]c3c1C(=O)NCC3C/C=C\CC(OC)c1nc3c-2ccnc3cc1F. The van der Waals surface area contributed by atoms with Gasteiger partial charge in [0.1, 0.15) is 17.6 Å². The number of halogens is 2. The summed E-state index contributed by atoms with van der Waals surface area (Å²) < 4.78 is 40.6. The van der Waals surface area contributed by atoms with Crippen LogP contribution in [0.4, 0.5) is 20.2 Å². The predicted octanol–water partition coefficient (Wildman–Crippen LogP) is 5.52. The Morgan fingerprint density at radius 3 is 2.76 bits per heavy atom. The average Bonchev–Trinajstić information content (AvgIpc) is 3.29. The van der Waals surface area contributed by atoms with E-state index in [0.717, 1.165) is 5.69 Å². The van der Waals surface area contributed by atoms with Crippen LogP contribution in [-0.4, -0.2) is 41.6 Å². The number of rotatable bonds is 4. The van der Waals surface area contributed by atoms with E-state index in [1.165, 1.54) is 26.4 Å². The number of carbonyl (C=O) groups excluding carboxylic acids is 1. The van der Waals surface area contributed by atoms with Gasteiger partial charge >= 0.3 is 0 Å². The van der Waals surface area contributed by atoms with Crippen molar-refractivity contribution in [3.05, 3.63) is 77.3 Å². The Labute approximate surface area is 217 Å². The van der Waals surface area contributed by atoms with Crippen molar-refractivity contribution in [3.8, 4) is 17.0 Å². The summed E-state index contributed by atoms with van der Waals surface area (Å²) in [6, 6.07) is 7.63. The van der Waals surface area contributed by atoms with Crippen molar-refractivity contribution in [1.82, 2.24) is 20.3 Å². The van der Waals surface area contributed by atoms with E-state index in [-0.39, 0.29) is 23.3 Å². The van der Waals surface area contributed by atoms with Crippen LogP contribution in [0.2, 0.25) is 0 Å². The van der Waals surface area contributed by atoms with E-state index in [2.05, 4.69) is 25.6 Å². The first-order chi connectivity index (χ1) is 18.5. The first-order valence-corrected chi connectivity index (χ1v) is 12.3. The maximum absolute atomic E-state index is 15.2. The Balaban J connectivity index is 1.66. The molecular formula is C28H25F2N5O3. The first-order valence-electron chi connectivity index (χ1n) is 12.3. The van der Waals surface area contributed by atoms with Gasteiger partial charge in [0.2, 0.25) is 0 Å². The number of methoxy groups -OCH3 is 2. The van der Waals surface area contributed by atoms with Gasteiger partial charge in [0.15, 0.2) is 11.6 Å². The topological polar surface area (TPSA) is 101 Å². The number of allylic oxidation sites excluding steroid dienone is 1. The highest BCUT2D eigenvalue weighted by molar-refractivity contribution is 6.08. The lowest BCUT2D eigenvalue weighted by atomic mass is 9.93. The highest BCUT2D eigenvalue weighted by atomic mass is 19.1. The van der Waals surface area contributed by atoms with Crippen molar-refractivity contribution in [3.63, 3.8) is 0 Å². The number of aromatic nitrogens is 3. The van der Waals surface area contributed by atoms with E-state index in [4.69, 9.17) is 9.47 Å². The maximum atomic E-state index is 15.2. The van der Waals surface area contributed by atoms with E-state index in [9.17, 15) is 9.18 Å². The van der Waals surface area contributed by atoms with Crippen LogP contribution in [-0.2, 0) is 4.74 Å². The van der Waals surface area contributed by atoms with E-state index in [1.807, 2.05) is 12.2 Å². The molecule has 1 aromatic carbocycles. The zero-order valence-corrected chi connectivity index (χ0v) is 20.8. The number of pyridine rings is 2. The van der Waals surface area contributed by atoms with Crippen molar-refractivity contribution >= 4 is 28.3 Å². The molecule has 2 atom stereocenters. The van der Waals surface area contributed by atoms with Gasteiger partial charge in [0.05, 0.1) is 40.8 Å². The molecule has 194 valence electrons. The van der Waals surface area contributed by atoms with Crippen molar-refractivity contribution in [1.29, 1.82) is 0 Å². The average molecular weight is 518 g/mol. The van der Waals surface area contributed by atoms with Crippen molar-refractivity contribution in [2.75, 3.05) is 26.1 Å².